The van der Waals surface area contributed by atoms with Gasteiger partial charge in [-0.2, -0.15) is 0 Å². The van der Waals surface area contributed by atoms with Crippen molar-refractivity contribution in [3.63, 3.8) is 0 Å². The average Bonchev–Trinajstić information content (AvgIpc) is 2.52. The van der Waals surface area contributed by atoms with Gasteiger partial charge in [0.1, 0.15) is 5.69 Å². The molecule has 130 valence electrons. The summed E-state index contributed by atoms with van der Waals surface area (Å²) in [7, 11) is 0. The van der Waals surface area contributed by atoms with Gasteiger partial charge in [0.2, 0.25) is 0 Å². The highest BCUT2D eigenvalue weighted by Gasteiger charge is 2.22. The van der Waals surface area contributed by atoms with Gasteiger partial charge in [-0.25, -0.2) is 13.8 Å². The van der Waals surface area contributed by atoms with Crippen LogP contribution in [0.4, 0.5) is 20.2 Å². The number of halogens is 4. The van der Waals surface area contributed by atoms with E-state index < -0.39 is 11.6 Å². The fourth-order valence-electron chi connectivity index (χ4n) is 2.18. The van der Waals surface area contributed by atoms with Crippen molar-refractivity contribution in [1.29, 1.82) is 0 Å². The normalized spacial score (nSPS) is 12.3. The summed E-state index contributed by atoms with van der Waals surface area (Å²) in [5.41, 5.74) is 1.45. The van der Waals surface area contributed by atoms with Gasteiger partial charge in [0.25, 0.3) is 0 Å². The minimum Gasteiger partial charge on any atom is -0.396 e. The van der Waals surface area contributed by atoms with E-state index in [1.807, 2.05) is 19.1 Å². The fraction of sp³-hybridized carbons (Fsp3) is 0.294. The molecule has 1 N–H and O–H groups in total. The number of hydrogen-bond donors (Lipinski definition) is 1. The van der Waals surface area contributed by atoms with E-state index in [4.69, 9.17) is 9.94 Å². The molecule has 2 aromatic carbocycles. The standard InChI is InChI=1S/C17H17BrF2INO2/c1-10-9-12(21)3-5-14(10)22(24-11(2)7-8-23)15-6-4-13(18)16(19)17(15)20/h3-6,9,11,23H,7-8H2,1-2H3. The maximum absolute atomic E-state index is 14.5. The first-order valence-electron chi connectivity index (χ1n) is 7.32. The summed E-state index contributed by atoms with van der Waals surface area (Å²) in [5.74, 6) is -1.97. The van der Waals surface area contributed by atoms with E-state index in [1.54, 1.807) is 13.0 Å². The van der Waals surface area contributed by atoms with Crippen molar-refractivity contribution < 1.29 is 18.7 Å². The zero-order chi connectivity index (χ0) is 17.9. The van der Waals surface area contributed by atoms with Crippen LogP contribution < -0.4 is 5.06 Å². The minimum atomic E-state index is -1.00. The van der Waals surface area contributed by atoms with Gasteiger partial charge in [0.05, 0.1) is 16.3 Å². The van der Waals surface area contributed by atoms with Crippen molar-refractivity contribution in [3.8, 4) is 0 Å². The second-order valence-corrected chi connectivity index (χ2v) is 7.45. The van der Waals surface area contributed by atoms with Crippen LogP contribution >= 0.6 is 38.5 Å². The summed E-state index contributed by atoms with van der Waals surface area (Å²) >= 11 is 5.16. The largest absolute Gasteiger partial charge is 0.396 e. The summed E-state index contributed by atoms with van der Waals surface area (Å²) in [6.07, 6.45) is 0.000342. The Kier molecular flexibility index (Phi) is 6.97. The molecule has 0 fully saturated rings. The zero-order valence-electron chi connectivity index (χ0n) is 13.2. The number of hydrogen-bond acceptors (Lipinski definition) is 3. The first-order valence-corrected chi connectivity index (χ1v) is 9.19. The summed E-state index contributed by atoms with van der Waals surface area (Å²) in [6.45, 7) is 3.58. The van der Waals surface area contributed by atoms with Gasteiger partial charge in [-0.05, 0) is 94.7 Å². The van der Waals surface area contributed by atoms with E-state index >= 15 is 0 Å². The molecule has 0 bridgehead atoms. The summed E-state index contributed by atoms with van der Waals surface area (Å²) in [5, 5.41) is 10.4. The van der Waals surface area contributed by atoms with Crippen LogP contribution in [-0.2, 0) is 4.84 Å². The molecule has 0 saturated carbocycles. The van der Waals surface area contributed by atoms with Crippen molar-refractivity contribution in [3.05, 3.63) is 55.6 Å². The Bertz CT molecular complexity index is 730. The van der Waals surface area contributed by atoms with Gasteiger partial charge in [-0.1, -0.05) is 0 Å². The van der Waals surface area contributed by atoms with Crippen LogP contribution in [0, 0.1) is 22.1 Å². The van der Waals surface area contributed by atoms with Crippen molar-refractivity contribution in [2.75, 3.05) is 11.7 Å². The van der Waals surface area contributed by atoms with Crippen LogP contribution in [0.1, 0.15) is 18.9 Å². The molecule has 2 rings (SSSR count). The smallest absolute Gasteiger partial charge is 0.186 e. The highest BCUT2D eigenvalue weighted by atomic mass is 127. The Hall–Kier alpha value is -0.770. The molecule has 0 heterocycles. The topological polar surface area (TPSA) is 32.7 Å². The van der Waals surface area contributed by atoms with Gasteiger partial charge in [0.15, 0.2) is 11.6 Å². The third kappa shape index (κ3) is 4.44. The predicted octanol–water partition coefficient (Wildman–Crippen LogP) is 5.48. The van der Waals surface area contributed by atoms with E-state index in [0.29, 0.717) is 12.1 Å². The number of benzene rings is 2. The zero-order valence-corrected chi connectivity index (χ0v) is 16.9. The Balaban J connectivity index is 2.53. The Labute approximate surface area is 161 Å². The third-order valence-corrected chi connectivity index (χ3v) is 4.72. The Morgan fingerprint density at radius 2 is 1.88 bits per heavy atom. The lowest BCUT2D eigenvalue weighted by molar-refractivity contribution is 0.0468. The summed E-state index contributed by atoms with van der Waals surface area (Å²) in [4.78, 5) is 5.81. The number of aryl methyl sites for hydroxylation is 1. The van der Waals surface area contributed by atoms with Crippen molar-refractivity contribution >= 4 is 49.9 Å². The summed E-state index contributed by atoms with van der Waals surface area (Å²) in [6, 6.07) is 8.47. The highest BCUT2D eigenvalue weighted by Crippen LogP contribution is 2.35. The van der Waals surface area contributed by atoms with Gasteiger partial charge >= 0.3 is 0 Å². The molecule has 7 heteroatoms. The van der Waals surface area contributed by atoms with E-state index in [0.717, 1.165) is 9.13 Å². The molecule has 3 nitrogen and oxygen atoms in total. The predicted molar refractivity (Wildman–Crippen MR) is 102 cm³/mol. The molecule has 0 saturated heterocycles. The van der Waals surface area contributed by atoms with Crippen LogP contribution in [0.3, 0.4) is 0 Å². The number of anilines is 2. The molecule has 0 aliphatic heterocycles. The van der Waals surface area contributed by atoms with Gasteiger partial charge in [-0.15, -0.1) is 0 Å². The molecule has 0 amide bonds. The lowest BCUT2D eigenvalue weighted by Crippen LogP contribution is -2.26. The van der Waals surface area contributed by atoms with Crippen LogP contribution in [-0.4, -0.2) is 17.8 Å². The van der Waals surface area contributed by atoms with Crippen molar-refractivity contribution in [1.82, 2.24) is 0 Å². The molecule has 0 aromatic heterocycles. The van der Waals surface area contributed by atoms with Crippen molar-refractivity contribution in [2.45, 2.75) is 26.4 Å². The molecular weight excluding hydrogens is 495 g/mol. The monoisotopic (exact) mass is 511 g/mol. The van der Waals surface area contributed by atoms with E-state index in [2.05, 4.69) is 38.5 Å². The minimum absolute atomic E-state index is 0.0233. The number of nitrogens with zero attached hydrogens (tertiary/aromatic N) is 1. The molecular formula is C17H17BrF2INO2. The number of rotatable bonds is 6. The highest BCUT2D eigenvalue weighted by molar-refractivity contribution is 14.1. The van der Waals surface area contributed by atoms with Gasteiger partial charge in [-0.3, -0.25) is 4.84 Å². The van der Waals surface area contributed by atoms with Crippen LogP contribution in [0.25, 0.3) is 0 Å². The van der Waals surface area contributed by atoms with Crippen LogP contribution in [0.5, 0.6) is 0 Å². The molecule has 0 spiro atoms. The molecule has 1 unspecified atom stereocenters. The average molecular weight is 512 g/mol. The Morgan fingerprint density at radius 1 is 1.21 bits per heavy atom. The molecule has 2 aromatic rings. The van der Waals surface area contributed by atoms with E-state index in [9.17, 15) is 8.78 Å². The lowest BCUT2D eigenvalue weighted by atomic mass is 10.2. The Morgan fingerprint density at radius 3 is 2.50 bits per heavy atom. The third-order valence-electron chi connectivity index (χ3n) is 3.43. The maximum Gasteiger partial charge on any atom is 0.186 e. The van der Waals surface area contributed by atoms with Crippen molar-refractivity contribution in [2.24, 2.45) is 0 Å². The van der Waals surface area contributed by atoms with E-state index in [1.165, 1.54) is 17.2 Å². The van der Waals surface area contributed by atoms with Gasteiger partial charge in [0, 0.05) is 10.2 Å². The first-order chi connectivity index (χ1) is 11.3. The fourth-order valence-corrected chi connectivity index (χ4v) is 3.13. The SMILES string of the molecule is Cc1cc(I)ccc1N(OC(C)CCO)c1ccc(Br)c(F)c1F. The van der Waals surface area contributed by atoms with E-state index in [-0.39, 0.29) is 22.9 Å². The molecule has 0 aliphatic carbocycles. The molecule has 24 heavy (non-hydrogen) atoms. The quantitative estimate of drug-likeness (QED) is 0.316. The second kappa shape index (κ2) is 8.55. The molecule has 0 radical (unpaired) electrons. The van der Waals surface area contributed by atoms with Crippen LogP contribution in [0.2, 0.25) is 0 Å². The molecule has 0 aliphatic rings. The maximum atomic E-state index is 14.5. The number of aliphatic hydroxyl groups is 1. The lowest BCUT2D eigenvalue weighted by Gasteiger charge is -2.29. The number of aliphatic hydroxyl groups excluding tert-OH is 1. The summed E-state index contributed by atoms with van der Waals surface area (Å²) < 4.78 is 29.5. The van der Waals surface area contributed by atoms with Crippen LogP contribution in [0.15, 0.2) is 34.8 Å². The first kappa shape index (κ1) is 19.6. The van der Waals surface area contributed by atoms with Gasteiger partial charge < -0.3 is 5.11 Å². The molecule has 1 atom stereocenters. The second-order valence-electron chi connectivity index (χ2n) is 5.35.